The van der Waals surface area contributed by atoms with Crippen LogP contribution in [-0.2, 0) is 11.8 Å². The molecule has 0 bridgehead atoms. The van der Waals surface area contributed by atoms with Gasteiger partial charge in [-0.3, -0.25) is 0 Å². The Balaban J connectivity index is 0.000000231. The number of benzene rings is 4. The van der Waals surface area contributed by atoms with Crippen molar-refractivity contribution in [2.75, 3.05) is 0 Å². The highest BCUT2D eigenvalue weighted by Crippen LogP contribution is 2.39. The Bertz CT molecular complexity index is 1530. The summed E-state index contributed by atoms with van der Waals surface area (Å²) in [6, 6.07) is 24.1. The molecule has 5 rings (SSSR count). The molecule has 0 amide bonds. The molecule has 4 aromatic carbocycles. The fourth-order valence-corrected chi connectivity index (χ4v) is 7.38. The zero-order valence-electron chi connectivity index (χ0n) is 29.2. The Morgan fingerprint density at radius 1 is 0.633 bits per heavy atom. The predicted octanol–water partition coefficient (Wildman–Crippen LogP) is 14.5. The second-order valence-corrected chi connectivity index (χ2v) is 16.3. The zero-order chi connectivity index (χ0) is 36.4. The third kappa shape index (κ3) is 15.0. The molecule has 0 atom stereocenters. The van der Waals surface area contributed by atoms with Crippen molar-refractivity contribution in [3.05, 3.63) is 113 Å². The van der Waals surface area contributed by atoms with E-state index in [0.717, 1.165) is 41.9 Å². The van der Waals surface area contributed by atoms with Crippen LogP contribution in [0.1, 0.15) is 115 Å². The summed E-state index contributed by atoms with van der Waals surface area (Å²) in [6.45, 7) is 8.71. The molecule has 1 fully saturated rings. The first kappa shape index (κ1) is 43.2. The van der Waals surface area contributed by atoms with Crippen molar-refractivity contribution < 1.29 is 20.4 Å². The number of phenols is 4. The fourth-order valence-electron chi connectivity index (χ4n) is 5.45. The van der Waals surface area contributed by atoms with Gasteiger partial charge in [0.1, 0.15) is 23.0 Å². The lowest BCUT2D eigenvalue weighted by atomic mass is 9.82. The second-order valence-electron chi connectivity index (χ2n) is 12.9. The molecule has 0 unspecified atom stereocenters. The van der Waals surface area contributed by atoms with Crippen LogP contribution in [0.4, 0.5) is 0 Å². The molecular formula is C41H52Br4O4. The van der Waals surface area contributed by atoms with E-state index in [2.05, 4.69) is 104 Å². The summed E-state index contributed by atoms with van der Waals surface area (Å²) in [4.78, 5) is 0. The highest BCUT2D eigenvalue weighted by atomic mass is 79.9. The summed E-state index contributed by atoms with van der Waals surface area (Å²) in [6.07, 6.45) is 13.6. The van der Waals surface area contributed by atoms with E-state index in [9.17, 15) is 15.3 Å². The first-order chi connectivity index (χ1) is 23.3. The van der Waals surface area contributed by atoms with Gasteiger partial charge >= 0.3 is 0 Å². The van der Waals surface area contributed by atoms with Crippen molar-refractivity contribution in [2.24, 2.45) is 0 Å². The molecule has 0 heterocycles. The summed E-state index contributed by atoms with van der Waals surface area (Å²) < 4.78 is 3.48. The predicted molar refractivity (Wildman–Crippen MR) is 220 cm³/mol. The van der Waals surface area contributed by atoms with Crippen LogP contribution in [0.2, 0.25) is 0 Å². The molecule has 0 spiro atoms. The maximum Gasteiger partial charge on any atom is 0.130 e. The SMILES string of the molecule is CCC(C)(C)c1cccc(O)c1Br.CCCCCCc1cccc(O)c1Br.Oc1ccc(Br)cc1C1CCCCC1.Oc1ccccc1Br. The molecule has 0 aromatic heterocycles. The van der Waals surface area contributed by atoms with Gasteiger partial charge in [0.2, 0.25) is 0 Å². The van der Waals surface area contributed by atoms with Crippen LogP contribution in [0, 0.1) is 0 Å². The molecule has 0 aliphatic heterocycles. The average Bonchev–Trinajstić information content (AvgIpc) is 3.10. The van der Waals surface area contributed by atoms with Crippen molar-refractivity contribution in [2.45, 2.75) is 110 Å². The fraction of sp³-hybridized carbons (Fsp3) is 0.415. The lowest BCUT2D eigenvalue weighted by Crippen LogP contribution is -2.15. The Morgan fingerprint density at radius 2 is 1.24 bits per heavy atom. The van der Waals surface area contributed by atoms with Gasteiger partial charge in [0.05, 0.1) is 13.4 Å². The molecule has 0 saturated heterocycles. The molecule has 1 aliphatic rings. The van der Waals surface area contributed by atoms with Crippen LogP contribution in [0.25, 0.3) is 0 Å². The largest absolute Gasteiger partial charge is 0.508 e. The maximum atomic E-state index is 9.77. The van der Waals surface area contributed by atoms with Gasteiger partial charge < -0.3 is 20.4 Å². The maximum absolute atomic E-state index is 9.77. The number of hydrogen-bond donors (Lipinski definition) is 4. The van der Waals surface area contributed by atoms with Gasteiger partial charge in [-0.2, -0.15) is 0 Å². The second kappa shape index (κ2) is 22.7. The Hall–Kier alpha value is -2.00. The third-order valence-electron chi connectivity index (χ3n) is 8.84. The molecule has 8 heteroatoms. The summed E-state index contributed by atoms with van der Waals surface area (Å²) in [5, 5.41) is 37.6. The number of aromatic hydroxyl groups is 4. The summed E-state index contributed by atoms with van der Waals surface area (Å²) in [7, 11) is 0. The monoisotopic (exact) mass is 924 g/mol. The van der Waals surface area contributed by atoms with Gasteiger partial charge in [-0.25, -0.2) is 0 Å². The molecule has 49 heavy (non-hydrogen) atoms. The summed E-state index contributed by atoms with van der Waals surface area (Å²) >= 11 is 13.4. The lowest BCUT2D eigenvalue weighted by Gasteiger charge is -2.24. The molecule has 1 aliphatic carbocycles. The van der Waals surface area contributed by atoms with Crippen molar-refractivity contribution in [1.29, 1.82) is 0 Å². The van der Waals surface area contributed by atoms with Gasteiger partial charge in [-0.05, 0) is 150 Å². The highest BCUT2D eigenvalue weighted by Gasteiger charge is 2.22. The van der Waals surface area contributed by atoms with Crippen molar-refractivity contribution in [3.8, 4) is 23.0 Å². The van der Waals surface area contributed by atoms with Crippen molar-refractivity contribution in [1.82, 2.24) is 0 Å². The molecule has 0 radical (unpaired) electrons. The summed E-state index contributed by atoms with van der Waals surface area (Å²) in [5.41, 5.74) is 3.60. The average molecular weight is 928 g/mol. The molecule has 4 nitrogen and oxygen atoms in total. The zero-order valence-corrected chi connectivity index (χ0v) is 35.5. The summed E-state index contributed by atoms with van der Waals surface area (Å²) in [5.74, 6) is 1.98. The topological polar surface area (TPSA) is 80.9 Å². The van der Waals surface area contributed by atoms with E-state index >= 15 is 0 Å². The highest BCUT2D eigenvalue weighted by molar-refractivity contribution is 9.11. The van der Waals surface area contributed by atoms with Crippen LogP contribution in [-0.4, -0.2) is 20.4 Å². The number of rotatable bonds is 8. The number of hydrogen-bond acceptors (Lipinski definition) is 4. The minimum absolute atomic E-state index is 0.109. The number of unbranched alkanes of at least 4 members (excludes halogenated alkanes) is 3. The van der Waals surface area contributed by atoms with Crippen LogP contribution >= 0.6 is 63.7 Å². The number of aryl methyl sites for hydroxylation is 1. The minimum atomic E-state index is 0.109. The Kier molecular flexibility index (Phi) is 20.0. The minimum Gasteiger partial charge on any atom is -0.508 e. The molecule has 1 saturated carbocycles. The van der Waals surface area contributed by atoms with Crippen molar-refractivity contribution in [3.63, 3.8) is 0 Å². The first-order valence-corrected chi connectivity index (χ1v) is 20.4. The van der Waals surface area contributed by atoms with Gasteiger partial charge in [0, 0.05) is 4.47 Å². The standard InChI is InChI=1S/C12H15BrO.C12H17BrO.C11H15BrO.C6H5BrO/c13-10-6-7-12(14)11(8-10)9-4-2-1-3-5-9;1-2-3-4-5-7-10-8-6-9-11(14)12(10)13;1-4-11(2,3)8-6-5-7-9(13)10(8)12;7-5-3-1-2-4-6(5)8/h6-9,14H,1-5H2;6,8-9,14H,2-5,7H2,1H3;5-7,13H,4H2,1-3H3;1-4,8H. The van der Waals surface area contributed by atoms with Gasteiger partial charge in [0.25, 0.3) is 0 Å². The quantitative estimate of drug-likeness (QED) is 0.133. The van der Waals surface area contributed by atoms with E-state index in [1.54, 1.807) is 36.4 Å². The number of para-hydroxylation sites is 1. The molecule has 268 valence electrons. The van der Waals surface area contributed by atoms with E-state index in [1.807, 2.05) is 30.3 Å². The molecule has 4 N–H and O–H groups in total. The van der Waals surface area contributed by atoms with Crippen LogP contribution in [0.5, 0.6) is 23.0 Å². The first-order valence-electron chi connectivity index (χ1n) is 17.2. The van der Waals surface area contributed by atoms with Gasteiger partial charge in [-0.1, -0.05) is 119 Å². The van der Waals surface area contributed by atoms with Crippen LogP contribution in [0.15, 0.2) is 96.8 Å². The third-order valence-corrected chi connectivity index (χ3v) is 11.7. The Labute approximate surface area is 327 Å². The van der Waals surface area contributed by atoms with E-state index in [0.29, 0.717) is 23.2 Å². The van der Waals surface area contributed by atoms with Crippen LogP contribution < -0.4 is 0 Å². The smallest absolute Gasteiger partial charge is 0.130 e. The van der Waals surface area contributed by atoms with E-state index in [4.69, 9.17) is 5.11 Å². The van der Waals surface area contributed by atoms with Crippen LogP contribution in [0.3, 0.4) is 0 Å². The van der Waals surface area contributed by atoms with E-state index < -0.39 is 0 Å². The van der Waals surface area contributed by atoms with E-state index in [-0.39, 0.29) is 11.2 Å². The van der Waals surface area contributed by atoms with E-state index in [1.165, 1.54) is 63.4 Å². The Morgan fingerprint density at radius 3 is 1.84 bits per heavy atom. The molecular weight excluding hydrogens is 876 g/mol. The van der Waals surface area contributed by atoms with Gasteiger partial charge in [-0.15, -0.1) is 0 Å². The normalized spacial score (nSPS) is 12.8. The lowest BCUT2D eigenvalue weighted by molar-refractivity contribution is 0.414. The van der Waals surface area contributed by atoms with Crippen molar-refractivity contribution >= 4 is 63.7 Å². The van der Waals surface area contributed by atoms with Gasteiger partial charge in [0.15, 0.2) is 0 Å². The number of halogens is 4. The number of phenolic OH excluding ortho intramolecular Hbond substituents is 4. The molecule has 4 aromatic rings.